The van der Waals surface area contributed by atoms with Crippen LogP contribution in [0.4, 0.5) is 0 Å². The largest absolute Gasteiger partial charge is 0.459 e. The minimum Gasteiger partial charge on any atom is -0.459 e. The number of carbonyl (C=O) groups excluding carboxylic acids is 2. The molecule has 1 N–H and O–H groups in total. The molecule has 3 heterocycles. The summed E-state index contributed by atoms with van der Waals surface area (Å²) < 4.78 is 10.6. The third-order valence-corrected chi connectivity index (χ3v) is 6.00. The lowest BCUT2D eigenvalue weighted by atomic mass is 10.0. The van der Waals surface area contributed by atoms with Gasteiger partial charge in [0.05, 0.1) is 12.5 Å². The molecule has 4 rings (SSSR count). The van der Waals surface area contributed by atoms with Crippen molar-refractivity contribution in [3.05, 3.63) is 78.1 Å². The van der Waals surface area contributed by atoms with Crippen molar-refractivity contribution >= 4 is 23.6 Å². The molecule has 1 aromatic carbocycles. The summed E-state index contributed by atoms with van der Waals surface area (Å²) in [5, 5.41) is 3.05. The summed E-state index contributed by atoms with van der Waals surface area (Å²) in [7, 11) is 0. The van der Waals surface area contributed by atoms with Crippen LogP contribution in [0.3, 0.4) is 0 Å². The van der Waals surface area contributed by atoms with Gasteiger partial charge in [-0.25, -0.2) is 0 Å². The maximum absolute atomic E-state index is 12.7. The Bertz CT molecular complexity index is 944. The number of benzene rings is 1. The fourth-order valence-electron chi connectivity index (χ4n) is 3.36. The highest BCUT2D eigenvalue weighted by Gasteiger charge is 2.27. The van der Waals surface area contributed by atoms with Crippen LogP contribution in [0.1, 0.15) is 39.5 Å². The molecule has 3 aromatic rings. The van der Waals surface area contributed by atoms with Crippen molar-refractivity contribution in [1.29, 1.82) is 0 Å². The predicted molar refractivity (Wildman–Crippen MR) is 110 cm³/mol. The molecule has 0 spiro atoms. The predicted octanol–water partition coefficient (Wildman–Crippen LogP) is 4.20. The van der Waals surface area contributed by atoms with E-state index in [2.05, 4.69) is 5.32 Å². The van der Waals surface area contributed by atoms with Crippen molar-refractivity contribution in [3.8, 4) is 0 Å². The maximum atomic E-state index is 12.7. The highest BCUT2D eigenvalue weighted by atomic mass is 32.2. The smallest absolute Gasteiger partial charge is 0.289 e. The van der Waals surface area contributed by atoms with Gasteiger partial charge in [-0.05, 0) is 43.2 Å². The van der Waals surface area contributed by atoms with Gasteiger partial charge in [0.25, 0.3) is 11.8 Å². The van der Waals surface area contributed by atoms with Gasteiger partial charge in [0.2, 0.25) is 0 Å². The van der Waals surface area contributed by atoms with Gasteiger partial charge in [0.1, 0.15) is 0 Å². The molecule has 1 fully saturated rings. The van der Waals surface area contributed by atoms with Crippen LogP contribution in [0.15, 0.2) is 74.8 Å². The standard InChI is InChI=1S/C22H22N2O4S/c25-21(20-16(10-14-28-20)15-29-18-5-2-1-3-6-18)23-17-8-11-24(12-9-17)22(26)19-7-4-13-27-19/h1-7,10,13-14,17H,8-9,11-12,15H2,(H,23,25). The van der Waals surface area contributed by atoms with E-state index in [1.807, 2.05) is 36.4 Å². The number of rotatable bonds is 6. The average molecular weight is 410 g/mol. The zero-order valence-electron chi connectivity index (χ0n) is 15.9. The van der Waals surface area contributed by atoms with Crippen LogP contribution in [-0.2, 0) is 5.75 Å². The molecule has 29 heavy (non-hydrogen) atoms. The molecule has 7 heteroatoms. The van der Waals surface area contributed by atoms with E-state index in [9.17, 15) is 9.59 Å². The van der Waals surface area contributed by atoms with Crippen LogP contribution in [0.5, 0.6) is 0 Å². The second-order valence-corrected chi connectivity index (χ2v) is 7.94. The second kappa shape index (κ2) is 9.05. The van der Waals surface area contributed by atoms with Gasteiger partial charge in [-0.3, -0.25) is 9.59 Å². The van der Waals surface area contributed by atoms with Crippen LogP contribution in [-0.4, -0.2) is 35.8 Å². The maximum Gasteiger partial charge on any atom is 0.289 e. The Balaban J connectivity index is 1.29. The van der Waals surface area contributed by atoms with Gasteiger partial charge in [-0.2, -0.15) is 0 Å². The Labute approximate surface area is 173 Å². The van der Waals surface area contributed by atoms with E-state index in [4.69, 9.17) is 8.83 Å². The molecular formula is C22H22N2O4S. The number of furan rings is 2. The Morgan fingerprint density at radius 1 is 1.00 bits per heavy atom. The molecule has 1 aliphatic rings. The third kappa shape index (κ3) is 4.74. The molecule has 150 valence electrons. The van der Waals surface area contributed by atoms with Crippen LogP contribution in [0.2, 0.25) is 0 Å². The minimum atomic E-state index is -0.200. The van der Waals surface area contributed by atoms with Crippen molar-refractivity contribution in [1.82, 2.24) is 10.2 Å². The van der Waals surface area contributed by atoms with Gasteiger partial charge < -0.3 is 19.1 Å². The van der Waals surface area contributed by atoms with Crippen molar-refractivity contribution in [3.63, 3.8) is 0 Å². The molecule has 0 radical (unpaired) electrons. The van der Waals surface area contributed by atoms with Crippen LogP contribution in [0, 0.1) is 0 Å². The zero-order chi connectivity index (χ0) is 20.1. The SMILES string of the molecule is O=C(NC1CCN(C(=O)c2ccco2)CC1)c1occc1CSc1ccccc1. The number of thioether (sulfide) groups is 1. The van der Waals surface area contributed by atoms with E-state index in [0.29, 0.717) is 43.2 Å². The number of amides is 2. The Hall–Kier alpha value is -2.93. The normalized spacial score (nSPS) is 14.7. The fourth-order valence-corrected chi connectivity index (χ4v) is 4.26. The molecule has 0 atom stereocenters. The number of nitrogens with zero attached hydrogens (tertiary/aromatic N) is 1. The molecule has 6 nitrogen and oxygen atoms in total. The first-order chi connectivity index (χ1) is 14.2. The molecule has 0 aliphatic carbocycles. The summed E-state index contributed by atoms with van der Waals surface area (Å²) in [5.41, 5.74) is 0.877. The number of hydrogen-bond acceptors (Lipinski definition) is 5. The molecule has 0 saturated carbocycles. The summed E-state index contributed by atoms with van der Waals surface area (Å²) >= 11 is 1.66. The third-order valence-electron chi connectivity index (χ3n) is 4.94. The number of carbonyl (C=O) groups is 2. The summed E-state index contributed by atoms with van der Waals surface area (Å²) in [4.78, 5) is 27.9. The van der Waals surface area contributed by atoms with E-state index in [1.165, 1.54) is 6.26 Å². The first-order valence-electron chi connectivity index (χ1n) is 9.58. The van der Waals surface area contributed by atoms with Gasteiger partial charge in [0.15, 0.2) is 11.5 Å². The highest BCUT2D eigenvalue weighted by Crippen LogP contribution is 2.25. The Morgan fingerprint density at radius 3 is 2.52 bits per heavy atom. The number of piperidine rings is 1. The Kier molecular flexibility index (Phi) is 6.05. The second-order valence-electron chi connectivity index (χ2n) is 6.89. The molecule has 0 unspecified atom stereocenters. The molecule has 2 aromatic heterocycles. The number of hydrogen-bond donors (Lipinski definition) is 1. The van der Waals surface area contributed by atoms with Gasteiger partial charge in [0, 0.05) is 35.3 Å². The van der Waals surface area contributed by atoms with Gasteiger partial charge >= 0.3 is 0 Å². The summed E-state index contributed by atoms with van der Waals surface area (Å²) in [6, 6.07) is 15.3. The van der Waals surface area contributed by atoms with Crippen molar-refractivity contribution in [2.24, 2.45) is 0 Å². The quantitative estimate of drug-likeness (QED) is 0.617. The van der Waals surface area contributed by atoms with E-state index >= 15 is 0 Å². The van der Waals surface area contributed by atoms with E-state index < -0.39 is 0 Å². The summed E-state index contributed by atoms with van der Waals surface area (Å²) in [6.07, 6.45) is 4.46. The van der Waals surface area contributed by atoms with Crippen LogP contribution < -0.4 is 5.32 Å². The number of nitrogens with one attached hydrogen (secondary N) is 1. The highest BCUT2D eigenvalue weighted by molar-refractivity contribution is 7.98. The summed E-state index contributed by atoms with van der Waals surface area (Å²) in [5.74, 6) is 1.07. The lowest BCUT2D eigenvalue weighted by molar-refractivity contribution is 0.0665. The fraction of sp³-hybridized carbons (Fsp3) is 0.273. The summed E-state index contributed by atoms with van der Waals surface area (Å²) in [6.45, 7) is 1.17. The monoisotopic (exact) mass is 410 g/mol. The van der Waals surface area contributed by atoms with Crippen molar-refractivity contribution in [2.45, 2.75) is 29.5 Å². The zero-order valence-corrected chi connectivity index (χ0v) is 16.7. The van der Waals surface area contributed by atoms with Crippen LogP contribution in [0.25, 0.3) is 0 Å². The number of likely N-dealkylation sites (tertiary alicyclic amines) is 1. The van der Waals surface area contributed by atoms with Crippen LogP contribution >= 0.6 is 11.8 Å². The first kappa shape index (κ1) is 19.4. The van der Waals surface area contributed by atoms with E-state index in [0.717, 1.165) is 10.5 Å². The Morgan fingerprint density at radius 2 is 1.79 bits per heavy atom. The lowest BCUT2D eigenvalue weighted by Crippen LogP contribution is -2.46. The molecule has 2 amide bonds. The molecule has 1 saturated heterocycles. The first-order valence-corrected chi connectivity index (χ1v) is 10.6. The van der Waals surface area contributed by atoms with E-state index in [1.54, 1.807) is 35.1 Å². The van der Waals surface area contributed by atoms with Crippen molar-refractivity contribution in [2.75, 3.05) is 13.1 Å². The minimum absolute atomic E-state index is 0.0166. The van der Waals surface area contributed by atoms with Crippen molar-refractivity contribution < 1.29 is 18.4 Å². The average Bonchev–Trinajstić information content (AvgIpc) is 3.45. The molecule has 0 bridgehead atoms. The topological polar surface area (TPSA) is 75.7 Å². The van der Waals surface area contributed by atoms with E-state index in [-0.39, 0.29) is 17.9 Å². The lowest BCUT2D eigenvalue weighted by Gasteiger charge is -2.31. The molecular weight excluding hydrogens is 388 g/mol. The van der Waals surface area contributed by atoms with Gasteiger partial charge in [-0.15, -0.1) is 11.8 Å². The molecule has 1 aliphatic heterocycles. The van der Waals surface area contributed by atoms with Gasteiger partial charge in [-0.1, -0.05) is 18.2 Å².